The Labute approximate surface area is 76.3 Å². The average molecular weight is 233 g/mol. The van der Waals surface area contributed by atoms with Crippen molar-refractivity contribution in [3.05, 3.63) is 22.1 Å². The summed E-state index contributed by atoms with van der Waals surface area (Å²) >= 11 is 2.94. The SMILES string of the molecule is CC(=O)c1cc(C(=O)O)oc1Br. The van der Waals surface area contributed by atoms with Gasteiger partial charge in [-0.05, 0) is 22.9 Å². The minimum atomic E-state index is -1.19. The van der Waals surface area contributed by atoms with Crippen molar-refractivity contribution in [2.45, 2.75) is 6.92 Å². The lowest BCUT2D eigenvalue weighted by Gasteiger charge is -1.84. The maximum absolute atomic E-state index is 10.8. The first-order valence-electron chi connectivity index (χ1n) is 3.06. The van der Waals surface area contributed by atoms with Gasteiger partial charge in [-0.2, -0.15) is 0 Å². The van der Waals surface area contributed by atoms with Crippen LogP contribution in [0, 0.1) is 0 Å². The molecule has 5 heteroatoms. The number of aromatic carboxylic acids is 1. The third kappa shape index (κ3) is 1.55. The maximum Gasteiger partial charge on any atom is 0.371 e. The van der Waals surface area contributed by atoms with E-state index >= 15 is 0 Å². The van der Waals surface area contributed by atoms with Crippen LogP contribution in [0.25, 0.3) is 0 Å². The van der Waals surface area contributed by atoms with Crippen molar-refractivity contribution in [1.29, 1.82) is 0 Å². The Bertz CT molecular complexity index is 339. The molecule has 0 aliphatic rings. The van der Waals surface area contributed by atoms with Gasteiger partial charge in [-0.3, -0.25) is 4.79 Å². The van der Waals surface area contributed by atoms with Crippen LogP contribution in [0.3, 0.4) is 0 Å². The number of carboxylic acids is 1. The molecule has 0 amide bonds. The fraction of sp³-hybridized carbons (Fsp3) is 0.143. The molecule has 0 spiro atoms. The normalized spacial score (nSPS) is 9.83. The quantitative estimate of drug-likeness (QED) is 0.792. The van der Waals surface area contributed by atoms with E-state index in [0.29, 0.717) is 0 Å². The Morgan fingerprint density at radius 1 is 1.58 bits per heavy atom. The van der Waals surface area contributed by atoms with E-state index in [2.05, 4.69) is 15.9 Å². The summed E-state index contributed by atoms with van der Waals surface area (Å²) in [6.45, 7) is 1.33. The Hall–Kier alpha value is -1.10. The zero-order valence-corrected chi connectivity index (χ0v) is 7.71. The molecule has 0 saturated carbocycles. The molecule has 0 fully saturated rings. The molecule has 0 aliphatic carbocycles. The first-order chi connectivity index (χ1) is 5.52. The van der Waals surface area contributed by atoms with Gasteiger partial charge >= 0.3 is 5.97 Å². The van der Waals surface area contributed by atoms with Crippen LogP contribution in [-0.2, 0) is 0 Å². The number of halogens is 1. The largest absolute Gasteiger partial charge is 0.475 e. The van der Waals surface area contributed by atoms with E-state index in [-0.39, 0.29) is 21.8 Å². The number of hydrogen-bond donors (Lipinski definition) is 1. The van der Waals surface area contributed by atoms with Crippen molar-refractivity contribution in [3.63, 3.8) is 0 Å². The third-order valence-corrected chi connectivity index (χ3v) is 1.87. The van der Waals surface area contributed by atoms with Gasteiger partial charge in [0.1, 0.15) is 0 Å². The number of ketones is 1. The van der Waals surface area contributed by atoms with E-state index in [1.54, 1.807) is 0 Å². The second-order valence-electron chi connectivity index (χ2n) is 2.16. The van der Waals surface area contributed by atoms with Gasteiger partial charge in [-0.15, -0.1) is 0 Å². The summed E-state index contributed by atoms with van der Waals surface area (Å²) in [7, 11) is 0. The van der Waals surface area contributed by atoms with E-state index in [0.717, 1.165) is 0 Å². The second kappa shape index (κ2) is 3.10. The molecule has 0 atom stereocenters. The van der Waals surface area contributed by atoms with Crippen LogP contribution in [0.5, 0.6) is 0 Å². The van der Waals surface area contributed by atoms with E-state index < -0.39 is 5.97 Å². The summed E-state index contributed by atoms with van der Waals surface area (Å²) in [6, 6.07) is 1.19. The molecule has 1 heterocycles. The van der Waals surface area contributed by atoms with Gasteiger partial charge in [-0.1, -0.05) is 0 Å². The van der Waals surface area contributed by atoms with E-state index in [1.165, 1.54) is 13.0 Å². The Morgan fingerprint density at radius 2 is 2.17 bits per heavy atom. The maximum atomic E-state index is 10.8. The minimum absolute atomic E-state index is 0.160. The summed E-state index contributed by atoms with van der Waals surface area (Å²) in [5, 5.41) is 8.48. The summed E-state index contributed by atoms with van der Waals surface area (Å²) in [5.74, 6) is -1.67. The van der Waals surface area contributed by atoms with Gasteiger partial charge in [0.05, 0.1) is 5.56 Å². The molecule has 64 valence electrons. The van der Waals surface area contributed by atoms with Crippen molar-refractivity contribution in [1.82, 2.24) is 0 Å². The number of carboxylic acid groups (broad SMARTS) is 1. The monoisotopic (exact) mass is 232 g/mol. The standard InChI is InChI=1S/C7H5BrO4/c1-3(9)4-2-5(7(10)11)12-6(4)8/h2H,1H3,(H,10,11). The fourth-order valence-electron chi connectivity index (χ4n) is 0.714. The summed E-state index contributed by atoms with van der Waals surface area (Å²) in [6.07, 6.45) is 0. The van der Waals surface area contributed by atoms with Crippen molar-refractivity contribution >= 4 is 27.7 Å². The highest BCUT2D eigenvalue weighted by Gasteiger charge is 2.16. The molecule has 4 nitrogen and oxygen atoms in total. The molecule has 1 rings (SSSR count). The number of carbonyl (C=O) groups excluding carboxylic acids is 1. The van der Waals surface area contributed by atoms with Gasteiger partial charge in [-0.25, -0.2) is 4.79 Å². The van der Waals surface area contributed by atoms with Crippen LogP contribution in [0.15, 0.2) is 15.2 Å². The van der Waals surface area contributed by atoms with Crippen LogP contribution in [0.4, 0.5) is 0 Å². The molecule has 0 aromatic carbocycles. The third-order valence-electron chi connectivity index (χ3n) is 1.28. The van der Waals surface area contributed by atoms with E-state index in [4.69, 9.17) is 9.52 Å². The van der Waals surface area contributed by atoms with Gasteiger partial charge < -0.3 is 9.52 Å². The molecule has 0 bridgehead atoms. The van der Waals surface area contributed by atoms with Crippen LogP contribution in [-0.4, -0.2) is 16.9 Å². The lowest BCUT2D eigenvalue weighted by atomic mass is 10.2. The highest BCUT2D eigenvalue weighted by Crippen LogP contribution is 2.21. The molecule has 0 radical (unpaired) electrons. The van der Waals surface area contributed by atoms with Crippen molar-refractivity contribution in [3.8, 4) is 0 Å². The van der Waals surface area contributed by atoms with Gasteiger partial charge in [0.2, 0.25) is 5.76 Å². The molecule has 1 N–H and O–H groups in total. The van der Waals surface area contributed by atoms with Crippen molar-refractivity contribution < 1.29 is 19.1 Å². The predicted molar refractivity (Wildman–Crippen MR) is 43.4 cm³/mol. The topological polar surface area (TPSA) is 67.5 Å². The second-order valence-corrected chi connectivity index (χ2v) is 2.88. The Morgan fingerprint density at radius 3 is 2.42 bits per heavy atom. The van der Waals surface area contributed by atoms with Crippen LogP contribution in [0.1, 0.15) is 27.8 Å². The number of furan rings is 1. The minimum Gasteiger partial charge on any atom is -0.475 e. The van der Waals surface area contributed by atoms with Crippen LogP contribution < -0.4 is 0 Å². The number of carbonyl (C=O) groups is 2. The molecule has 0 aliphatic heterocycles. The van der Waals surface area contributed by atoms with Crippen LogP contribution >= 0.6 is 15.9 Å². The summed E-state index contributed by atoms with van der Waals surface area (Å²) in [4.78, 5) is 21.2. The lowest BCUT2D eigenvalue weighted by Crippen LogP contribution is -1.93. The highest BCUT2D eigenvalue weighted by molar-refractivity contribution is 9.10. The molecule has 1 aromatic heterocycles. The molecular formula is C7H5BrO4. The van der Waals surface area contributed by atoms with E-state index in [1.807, 2.05) is 0 Å². The first kappa shape index (κ1) is 8.99. The highest BCUT2D eigenvalue weighted by atomic mass is 79.9. The molecule has 0 unspecified atom stereocenters. The van der Waals surface area contributed by atoms with Gasteiger partial charge in [0.25, 0.3) is 0 Å². The predicted octanol–water partition coefficient (Wildman–Crippen LogP) is 1.94. The van der Waals surface area contributed by atoms with Gasteiger partial charge in [0.15, 0.2) is 10.5 Å². The fourth-order valence-corrected chi connectivity index (χ4v) is 1.28. The molecular weight excluding hydrogens is 228 g/mol. The lowest BCUT2D eigenvalue weighted by molar-refractivity contribution is 0.0660. The van der Waals surface area contributed by atoms with Crippen molar-refractivity contribution in [2.75, 3.05) is 0 Å². The number of hydrogen-bond acceptors (Lipinski definition) is 3. The molecule has 12 heavy (non-hydrogen) atoms. The molecule has 1 aromatic rings. The van der Waals surface area contributed by atoms with Gasteiger partial charge in [0, 0.05) is 6.07 Å². The summed E-state index contributed by atoms with van der Waals surface area (Å²) < 4.78 is 4.89. The zero-order chi connectivity index (χ0) is 9.30. The zero-order valence-electron chi connectivity index (χ0n) is 6.13. The smallest absolute Gasteiger partial charge is 0.371 e. The average Bonchev–Trinajstić information content (AvgIpc) is 2.30. The Kier molecular flexibility index (Phi) is 2.32. The Balaban J connectivity index is 3.17. The van der Waals surface area contributed by atoms with E-state index in [9.17, 15) is 9.59 Å². The molecule has 0 saturated heterocycles. The number of rotatable bonds is 2. The number of Topliss-reactive ketones (excluding diaryl/α,β-unsaturated/α-hetero) is 1. The van der Waals surface area contributed by atoms with Crippen molar-refractivity contribution in [2.24, 2.45) is 0 Å². The summed E-state index contributed by atoms with van der Waals surface area (Å²) in [5.41, 5.74) is 0.243. The first-order valence-corrected chi connectivity index (χ1v) is 3.85. The van der Waals surface area contributed by atoms with Crippen LogP contribution in [0.2, 0.25) is 0 Å².